The summed E-state index contributed by atoms with van der Waals surface area (Å²) in [4.78, 5) is 30.7. The Hall–Kier alpha value is -1.92. The van der Waals surface area contributed by atoms with Crippen LogP contribution in [0.4, 0.5) is 5.69 Å². The van der Waals surface area contributed by atoms with Gasteiger partial charge in [0.25, 0.3) is 0 Å². The van der Waals surface area contributed by atoms with Gasteiger partial charge in [-0.2, -0.15) is 0 Å². The van der Waals surface area contributed by atoms with Crippen LogP contribution in [0.1, 0.15) is 18.9 Å². The summed E-state index contributed by atoms with van der Waals surface area (Å²) >= 11 is 0. The van der Waals surface area contributed by atoms with Crippen LogP contribution in [0.5, 0.6) is 0 Å². The molecule has 2 aliphatic rings. The van der Waals surface area contributed by atoms with Gasteiger partial charge in [0, 0.05) is 38.4 Å². The topological polar surface area (TPSA) is 53.1 Å². The van der Waals surface area contributed by atoms with E-state index in [-0.39, 0.29) is 17.9 Å². The van der Waals surface area contributed by atoms with Crippen molar-refractivity contribution in [3.05, 3.63) is 29.8 Å². The number of rotatable bonds is 4. The molecule has 2 heterocycles. The van der Waals surface area contributed by atoms with E-state index in [0.717, 1.165) is 51.3 Å². The summed E-state index contributed by atoms with van der Waals surface area (Å²) in [6.07, 6.45) is 2.07. The molecule has 0 radical (unpaired) electrons. The molecule has 1 atom stereocenters. The number of anilines is 1. The highest BCUT2D eigenvalue weighted by atomic mass is 16.5. The van der Waals surface area contributed by atoms with Crippen molar-refractivity contribution in [3.8, 4) is 0 Å². The second-order valence-electron chi connectivity index (χ2n) is 6.79. The average molecular weight is 345 g/mol. The minimum Gasteiger partial charge on any atom is -0.468 e. The van der Waals surface area contributed by atoms with Gasteiger partial charge in [0.15, 0.2) is 0 Å². The maximum Gasteiger partial charge on any atom is 0.322 e. The highest BCUT2D eigenvalue weighted by Crippen LogP contribution is 2.26. The van der Waals surface area contributed by atoms with Gasteiger partial charge in [0.1, 0.15) is 6.04 Å². The first kappa shape index (κ1) is 17.9. The van der Waals surface area contributed by atoms with Crippen molar-refractivity contribution in [1.82, 2.24) is 9.80 Å². The molecule has 1 saturated heterocycles. The summed E-state index contributed by atoms with van der Waals surface area (Å²) in [5, 5.41) is 0. The lowest BCUT2D eigenvalue weighted by atomic mass is 10.0. The smallest absolute Gasteiger partial charge is 0.322 e. The number of para-hydroxylation sites is 1. The van der Waals surface area contributed by atoms with Crippen molar-refractivity contribution < 1.29 is 14.3 Å². The van der Waals surface area contributed by atoms with E-state index in [1.54, 1.807) is 0 Å². The number of benzene rings is 1. The van der Waals surface area contributed by atoms with E-state index in [1.807, 2.05) is 30.0 Å². The number of hydrogen-bond acceptors (Lipinski definition) is 5. The summed E-state index contributed by atoms with van der Waals surface area (Å²) in [5.41, 5.74) is 2.33. The molecule has 6 heteroatoms. The fourth-order valence-electron chi connectivity index (χ4n) is 3.70. The molecule has 0 aromatic heterocycles. The van der Waals surface area contributed by atoms with Crippen LogP contribution in [0.2, 0.25) is 0 Å². The maximum absolute atomic E-state index is 12.8. The second kappa shape index (κ2) is 7.97. The summed E-state index contributed by atoms with van der Waals surface area (Å²) in [5.74, 6) is -0.0314. The number of esters is 1. The lowest BCUT2D eigenvalue weighted by Gasteiger charge is -2.38. The van der Waals surface area contributed by atoms with Gasteiger partial charge in [-0.25, -0.2) is 0 Å². The Balaban J connectivity index is 1.55. The summed E-state index contributed by atoms with van der Waals surface area (Å²) < 4.78 is 4.81. The van der Waals surface area contributed by atoms with Crippen LogP contribution >= 0.6 is 0 Å². The number of amides is 1. The quantitative estimate of drug-likeness (QED) is 0.766. The van der Waals surface area contributed by atoms with Crippen molar-refractivity contribution in [2.75, 3.05) is 51.3 Å². The zero-order valence-corrected chi connectivity index (χ0v) is 15.1. The molecule has 1 fully saturated rings. The first-order valence-electron chi connectivity index (χ1n) is 9.02. The van der Waals surface area contributed by atoms with Crippen LogP contribution in [-0.4, -0.2) is 74.1 Å². The largest absolute Gasteiger partial charge is 0.468 e. The Labute approximate surface area is 149 Å². The van der Waals surface area contributed by atoms with Crippen molar-refractivity contribution in [2.45, 2.75) is 25.8 Å². The van der Waals surface area contributed by atoms with Crippen LogP contribution in [0, 0.1) is 0 Å². The molecule has 1 aromatic carbocycles. The molecular formula is C19H27N3O3. The fraction of sp³-hybridized carbons (Fsp3) is 0.579. The molecule has 136 valence electrons. The van der Waals surface area contributed by atoms with Crippen LogP contribution < -0.4 is 4.90 Å². The van der Waals surface area contributed by atoms with Gasteiger partial charge in [0.2, 0.25) is 5.91 Å². The molecule has 0 spiro atoms. The highest BCUT2D eigenvalue weighted by molar-refractivity contribution is 5.96. The Bertz CT molecular complexity index is 626. The van der Waals surface area contributed by atoms with Gasteiger partial charge in [-0.3, -0.25) is 19.4 Å². The van der Waals surface area contributed by atoms with E-state index in [9.17, 15) is 9.59 Å². The molecule has 0 bridgehead atoms. The molecule has 1 unspecified atom stereocenters. The molecule has 0 saturated carbocycles. The van der Waals surface area contributed by atoms with Crippen LogP contribution in [-0.2, 0) is 20.7 Å². The first-order valence-corrected chi connectivity index (χ1v) is 9.02. The maximum atomic E-state index is 12.8. The minimum absolute atomic E-state index is 0.168. The van der Waals surface area contributed by atoms with Crippen molar-refractivity contribution in [3.63, 3.8) is 0 Å². The zero-order valence-electron chi connectivity index (χ0n) is 15.1. The third-order valence-electron chi connectivity index (χ3n) is 5.27. The fourth-order valence-corrected chi connectivity index (χ4v) is 3.70. The Morgan fingerprint density at radius 3 is 2.56 bits per heavy atom. The summed E-state index contributed by atoms with van der Waals surface area (Å²) in [7, 11) is 1.42. The number of methoxy groups -OCH3 is 1. The number of ether oxygens (including phenoxy) is 1. The summed E-state index contributed by atoms with van der Waals surface area (Å²) in [6.45, 7) is 6.26. The Morgan fingerprint density at radius 1 is 1.12 bits per heavy atom. The van der Waals surface area contributed by atoms with Crippen LogP contribution in [0.15, 0.2) is 24.3 Å². The van der Waals surface area contributed by atoms with E-state index >= 15 is 0 Å². The predicted molar refractivity (Wildman–Crippen MR) is 96.6 cm³/mol. The second-order valence-corrected chi connectivity index (χ2v) is 6.79. The monoisotopic (exact) mass is 345 g/mol. The predicted octanol–water partition coefficient (Wildman–Crippen LogP) is 1.14. The van der Waals surface area contributed by atoms with E-state index in [4.69, 9.17) is 4.74 Å². The SMILES string of the molecule is COC(=O)C(C)N1CCN(CC(=O)N2CCCc3ccccc32)CC1. The molecule has 6 nitrogen and oxygen atoms in total. The standard InChI is InChI=1S/C19H27N3O3/c1-15(19(24)25-2)21-12-10-20(11-13-21)14-18(23)22-9-5-7-16-6-3-4-8-17(16)22/h3-4,6,8,15H,5,7,9-14H2,1-2H3. The van der Waals surface area contributed by atoms with Gasteiger partial charge in [-0.05, 0) is 31.4 Å². The van der Waals surface area contributed by atoms with Gasteiger partial charge >= 0.3 is 5.97 Å². The molecular weight excluding hydrogens is 318 g/mol. The normalized spacial score (nSPS) is 20.0. The van der Waals surface area contributed by atoms with Gasteiger partial charge in [-0.1, -0.05) is 18.2 Å². The first-order chi connectivity index (χ1) is 12.1. The summed E-state index contributed by atoms with van der Waals surface area (Å²) in [6, 6.07) is 7.97. The van der Waals surface area contributed by atoms with E-state index in [1.165, 1.54) is 12.7 Å². The lowest BCUT2D eigenvalue weighted by Crippen LogP contribution is -2.54. The molecule has 1 amide bonds. The lowest BCUT2D eigenvalue weighted by molar-refractivity contribution is -0.147. The Morgan fingerprint density at radius 2 is 1.84 bits per heavy atom. The number of piperazine rings is 1. The van der Waals surface area contributed by atoms with Crippen molar-refractivity contribution in [1.29, 1.82) is 0 Å². The van der Waals surface area contributed by atoms with Gasteiger partial charge in [0.05, 0.1) is 13.7 Å². The van der Waals surface area contributed by atoms with Crippen molar-refractivity contribution >= 4 is 17.6 Å². The number of hydrogen-bond donors (Lipinski definition) is 0. The number of nitrogens with zero attached hydrogens (tertiary/aromatic N) is 3. The average Bonchev–Trinajstić information content (AvgIpc) is 2.66. The Kier molecular flexibility index (Phi) is 5.71. The molecule has 3 rings (SSSR count). The zero-order chi connectivity index (χ0) is 17.8. The minimum atomic E-state index is -0.225. The molecule has 0 N–H and O–H groups in total. The third-order valence-corrected chi connectivity index (χ3v) is 5.27. The van der Waals surface area contributed by atoms with E-state index < -0.39 is 0 Å². The molecule has 0 aliphatic carbocycles. The van der Waals surface area contributed by atoms with Gasteiger partial charge < -0.3 is 9.64 Å². The number of fused-ring (bicyclic) bond motifs is 1. The van der Waals surface area contributed by atoms with Gasteiger partial charge in [-0.15, -0.1) is 0 Å². The van der Waals surface area contributed by atoms with Crippen molar-refractivity contribution in [2.24, 2.45) is 0 Å². The third kappa shape index (κ3) is 4.02. The van der Waals surface area contributed by atoms with E-state index in [0.29, 0.717) is 6.54 Å². The van der Waals surface area contributed by atoms with E-state index in [2.05, 4.69) is 15.9 Å². The number of carbonyl (C=O) groups excluding carboxylic acids is 2. The van der Waals surface area contributed by atoms with Crippen LogP contribution in [0.25, 0.3) is 0 Å². The molecule has 25 heavy (non-hydrogen) atoms. The number of carbonyl (C=O) groups is 2. The van der Waals surface area contributed by atoms with Crippen LogP contribution in [0.3, 0.4) is 0 Å². The highest BCUT2D eigenvalue weighted by Gasteiger charge is 2.28. The number of aryl methyl sites for hydroxylation is 1. The molecule has 2 aliphatic heterocycles. The molecule has 1 aromatic rings.